The van der Waals surface area contributed by atoms with Crippen LogP contribution in [0, 0.1) is 5.92 Å². The zero-order chi connectivity index (χ0) is 15.0. The fourth-order valence-electron chi connectivity index (χ4n) is 2.60. The summed E-state index contributed by atoms with van der Waals surface area (Å²) in [6.07, 6.45) is 0.750. The predicted octanol–water partition coefficient (Wildman–Crippen LogP) is 3.46. The summed E-state index contributed by atoms with van der Waals surface area (Å²) in [6, 6.07) is 0.331. The van der Waals surface area contributed by atoms with E-state index in [9.17, 15) is 13.2 Å². The lowest BCUT2D eigenvalue weighted by atomic mass is 9.84. The zero-order valence-corrected chi connectivity index (χ0v) is 12.4. The molecule has 0 radical (unpaired) electrons. The Morgan fingerprint density at radius 3 is 2.60 bits per heavy atom. The van der Waals surface area contributed by atoms with Gasteiger partial charge in [-0.05, 0) is 25.7 Å². The average molecular weight is 293 g/mol. The van der Waals surface area contributed by atoms with Crippen LogP contribution >= 0.6 is 0 Å². The number of alkyl halides is 3. The van der Waals surface area contributed by atoms with Gasteiger partial charge in [-0.2, -0.15) is 13.2 Å². The van der Waals surface area contributed by atoms with Gasteiger partial charge in [-0.3, -0.25) is 4.99 Å². The molecule has 0 spiro atoms. The highest BCUT2D eigenvalue weighted by atomic mass is 19.4. The lowest BCUT2D eigenvalue weighted by molar-refractivity contribution is -0.132. The SMILES string of the molecule is CCNC(=NCCC(F)(F)F)NC1CCCC(CC)C1. The van der Waals surface area contributed by atoms with Crippen LogP contribution in [0.1, 0.15) is 52.4 Å². The van der Waals surface area contributed by atoms with Crippen molar-refractivity contribution in [2.24, 2.45) is 10.9 Å². The van der Waals surface area contributed by atoms with Crippen molar-refractivity contribution < 1.29 is 13.2 Å². The third-order valence-electron chi connectivity index (χ3n) is 3.71. The summed E-state index contributed by atoms with van der Waals surface area (Å²) in [5.41, 5.74) is 0. The van der Waals surface area contributed by atoms with Gasteiger partial charge in [-0.1, -0.05) is 26.2 Å². The molecule has 2 atom stereocenters. The predicted molar refractivity (Wildman–Crippen MR) is 75.8 cm³/mol. The molecule has 20 heavy (non-hydrogen) atoms. The molecule has 0 amide bonds. The van der Waals surface area contributed by atoms with Crippen LogP contribution in [0.2, 0.25) is 0 Å². The molecule has 0 aliphatic heterocycles. The van der Waals surface area contributed by atoms with Gasteiger partial charge in [-0.15, -0.1) is 0 Å². The Labute approximate surface area is 119 Å². The maximum Gasteiger partial charge on any atom is 0.390 e. The molecule has 1 rings (SSSR count). The zero-order valence-electron chi connectivity index (χ0n) is 12.4. The Bertz CT molecular complexity index is 303. The third kappa shape index (κ3) is 7.01. The number of nitrogens with zero attached hydrogens (tertiary/aromatic N) is 1. The van der Waals surface area contributed by atoms with Gasteiger partial charge in [0.05, 0.1) is 13.0 Å². The minimum Gasteiger partial charge on any atom is -0.357 e. The third-order valence-corrected chi connectivity index (χ3v) is 3.71. The molecule has 1 fully saturated rings. The standard InChI is InChI=1S/C14H26F3N3/c1-3-11-6-5-7-12(10-11)20-13(18-4-2)19-9-8-14(15,16)17/h11-12H,3-10H2,1-2H3,(H2,18,19,20). The largest absolute Gasteiger partial charge is 0.390 e. The van der Waals surface area contributed by atoms with Gasteiger partial charge in [0.1, 0.15) is 0 Å². The van der Waals surface area contributed by atoms with Gasteiger partial charge in [-0.25, -0.2) is 0 Å². The molecule has 1 aliphatic rings. The molecular weight excluding hydrogens is 267 g/mol. The normalized spacial score (nSPS) is 24.6. The highest BCUT2D eigenvalue weighted by molar-refractivity contribution is 5.80. The van der Waals surface area contributed by atoms with E-state index in [4.69, 9.17) is 0 Å². The summed E-state index contributed by atoms with van der Waals surface area (Å²) < 4.78 is 36.4. The van der Waals surface area contributed by atoms with Crippen molar-refractivity contribution >= 4 is 5.96 Å². The van der Waals surface area contributed by atoms with Gasteiger partial charge in [0, 0.05) is 12.6 Å². The fraction of sp³-hybridized carbons (Fsp3) is 0.929. The summed E-state index contributed by atoms with van der Waals surface area (Å²) >= 11 is 0. The summed E-state index contributed by atoms with van der Waals surface area (Å²) in [7, 11) is 0. The summed E-state index contributed by atoms with van der Waals surface area (Å²) in [5.74, 6) is 1.23. The average Bonchev–Trinajstić information content (AvgIpc) is 2.37. The smallest absolute Gasteiger partial charge is 0.357 e. The van der Waals surface area contributed by atoms with Crippen LogP contribution in [0.4, 0.5) is 13.2 Å². The number of hydrogen-bond donors (Lipinski definition) is 2. The van der Waals surface area contributed by atoms with Crippen molar-refractivity contribution in [2.45, 2.75) is 64.6 Å². The number of nitrogens with one attached hydrogen (secondary N) is 2. The lowest BCUT2D eigenvalue weighted by Gasteiger charge is -2.30. The van der Waals surface area contributed by atoms with E-state index in [0.717, 1.165) is 18.8 Å². The van der Waals surface area contributed by atoms with Crippen LogP contribution in [-0.2, 0) is 0 Å². The highest BCUT2D eigenvalue weighted by Crippen LogP contribution is 2.26. The first-order valence-corrected chi connectivity index (χ1v) is 7.56. The molecule has 0 heterocycles. The van der Waals surface area contributed by atoms with E-state index in [1.807, 2.05) is 6.92 Å². The first-order valence-electron chi connectivity index (χ1n) is 7.56. The minimum absolute atomic E-state index is 0.219. The Kier molecular flexibility index (Phi) is 7.16. The van der Waals surface area contributed by atoms with Gasteiger partial charge >= 0.3 is 6.18 Å². The van der Waals surface area contributed by atoms with Gasteiger partial charge in [0.25, 0.3) is 0 Å². The van der Waals surface area contributed by atoms with Crippen LogP contribution in [-0.4, -0.2) is 31.3 Å². The molecule has 1 saturated carbocycles. The molecule has 0 aromatic heterocycles. The van der Waals surface area contributed by atoms with E-state index >= 15 is 0 Å². The monoisotopic (exact) mass is 293 g/mol. The van der Waals surface area contributed by atoms with E-state index in [2.05, 4.69) is 22.5 Å². The topological polar surface area (TPSA) is 36.4 Å². The van der Waals surface area contributed by atoms with E-state index in [1.165, 1.54) is 19.3 Å². The van der Waals surface area contributed by atoms with E-state index < -0.39 is 12.6 Å². The van der Waals surface area contributed by atoms with Crippen LogP contribution in [0.25, 0.3) is 0 Å². The first-order chi connectivity index (χ1) is 9.44. The Balaban J connectivity index is 2.46. The second kappa shape index (κ2) is 8.37. The second-order valence-corrected chi connectivity index (χ2v) is 5.41. The van der Waals surface area contributed by atoms with E-state index in [0.29, 0.717) is 18.5 Å². The molecule has 0 aromatic rings. The van der Waals surface area contributed by atoms with Crippen molar-refractivity contribution in [2.75, 3.05) is 13.1 Å². The molecule has 0 saturated heterocycles. The summed E-state index contributed by atoms with van der Waals surface area (Å²) in [5, 5.41) is 6.30. The van der Waals surface area contributed by atoms with Crippen molar-refractivity contribution in [3.63, 3.8) is 0 Å². The van der Waals surface area contributed by atoms with Crippen molar-refractivity contribution in [1.82, 2.24) is 10.6 Å². The second-order valence-electron chi connectivity index (χ2n) is 5.41. The van der Waals surface area contributed by atoms with Crippen molar-refractivity contribution in [1.29, 1.82) is 0 Å². The van der Waals surface area contributed by atoms with Gasteiger partial charge in [0.15, 0.2) is 5.96 Å². The number of rotatable bonds is 5. The molecule has 1 aliphatic carbocycles. The highest BCUT2D eigenvalue weighted by Gasteiger charge is 2.26. The molecule has 2 unspecified atom stereocenters. The quantitative estimate of drug-likeness (QED) is 0.601. The Morgan fingerprint density at radius 2 is 2.00 bits per heavy atom. The molecule has 0 aromatic carbocycles. The van der Waals surface area contributed by atoms with Crippen LogP contribution in [0.5, 0.6) is 0 Å². The van der Waals surface area contributed by atoms with Crippen molar-refractivity contribution in [3.05, 3.63) is 0 Å². The number of guanidine groups is 1. The Morgan fingerprint density at radius 1 is 1.25 bits per heavy atom. The molecule has 3 nitrogen and oxygen atoms in total. The first kappa shape index (κ1) is 17.1. The molecule has 0 bridgehead atoms. The molecule has 118 valence electrons. The minimum atomic E-state index is -4.14. The molecule has 2 N–H and O–H groups in total. The molecular formula is C14H26F3N3. The van der Waals surface area contributed by atoms with E-state index in [-0.39, 0.29) is 6.54 Å². The van der Waals surface area contributed by atoms with Crippen LogP contribution < -0.4 is 10.6 Å². The Hall–Kier alpha value is -0.940. The number of aliphatic imine (C=N–C) groups is 1. The fourth-order valence-corrected chi connectivity index (χ4v) is 2.60. The number of hydrogen-bond acceptors (Lipinski definition) is 1. The lowest BCUT2D eigenvalue weighted by Crippen LogP contribution is -2.45. The maximum atomic E-state index is 12.1. The van der Waals surface area contributed by atoms with Gasteiger partial charge < -0.3 is 10.6 Å². The van der Waals surface area contributed by atoms with Crippen molar-refractivity contribution in [3.8, 4) is 0 Å². The summed E-state index contributed by atoms with van der Waals surface area (Å²) in [6.45, 7) is 4.54. The van der Waals surface area contributed by atoms with Crippen LogP contribution in [0.15, 0.2) is 4.99 Å². The number of halogens is 3. The summed E-state index contributed by atoms with van der Waals surface area (Å²) in [4.78, 5) is 4.02. The molecule has 6 heteroatoms. The maximum absolute atomic E-state index is 12.1. The van der Waals surface area contributed by atoms with E-state index in [1.54, 1.807) is 0 Å². The van der Waals surface area contributed by atoms with Crippen LogP contribution in [0.3, 0.4) is 0 Å². The van der Waals surface area contributed by atoms with Gasteiger partial charge in [0.2, 0.25) is 0 Å².